The summed E-state index contributed by atoms with van der Waals surface area (Å²) >= 11 is 0. The molecule has 1 N–H and O–H groups in total. The first kappa shape index (κ1) is 21.0. The highest BCUT2D eigenvalue weighted by Gasteiger charge is 2.21. The van der Waals surface area contributed by atoms with Crippen LogP contribution in [-0.4, -0.2) is 31.8 Å². The maximum Gasteiger partial charge on any atom is 0.261 e. The molecule has 5 heteroatoms. The van der Waals surface area contributed by atoms with Crippen LogP contribution < -0.4 is 19.5 Å². The molecule has 5 nitrogen and oxygen atoms in total. The first-order valence-electron chi connectivity index (χ1n) is 10.4. The summed E-state index contributed by atoms with van der Waals surface area (Å²) in [6.45, 7) is 4.22. The van der Waals surface area contributed by atoms with Crippen LogP contribution in [0.25, 0.3) is 0 Å². The van der Waals surface area contributed by atoms with Crippen molar-refractivity contribution in [1.82, 2.24) is 5.32 Å². The Labute approximate surface area is 173 Å². The zero-order chi connectivity index (χ0) is 20.6. The molecule has 1 aliphatic carbocycles. The molecule has 2 aromatic carbocycles. The quantitative estimate of drug-likeness (QED) is 0.685. The molecule has 2 atom stereocenters. The number of nitrogens with one attached hydrogen (secondary N) is 1. The second kappa shape index (κ2) is 10.2. The minimum atomic E-state index is -0.523. The molecule has 1 amide bonds. The molecule has 2 unspecified atom stereocenters. The second-order valence-corrected chi connectivity index (χ2v) is 7.52. The summed E-state index contributed by atoms with van der Waals surface area (Å²) in [4.78, 5) is 12.7. The smallest absolute Gasteiger partial charge is 0.261 e. The topological polar surface area (TPSA) is 56.8 Å². The molecule has 0 saturated heterocycles. The molecule has 0 aromatic heterocycles. The molecule has 0 heterocycles. The Morgan fingerprint density at radius 3 is 2.52 bits per heavy atom. The molecule has 0 radical (unpaired) electrons. The van der Waals surface area contributed by atoms with Crippen LogP contribution in [-0.2, 0) is 17.6 Å². The molecule has 1 aliphatic rings. The molecular formula is C24H31NO4. The van der Waals surface area contributed by atoms with Gasteiger partial charge in [-0.05, 0) is 74.4 Å². The van der Waals surface area contributed by atoms with Gasteiger partial charge in [0.1, 0.15) is 12.4 Å². The predicted molar refractivity (Wildman–Crippen MR) is 114 cm³/mol. The van der Waals surface area contributed by atoms with Gasteiger partial charge in [-0.3, -0.25) is 4.79 Å². The maximum atomic E-state index is 12.7. The maximum absolute atomic E-state index is 12.7. The van der Waals surface area contributed by atoms with E-state index in [1.165, 1.54) is 24.0 Å². The van der Waals surface area contributed by atoms with Crippen molar-refractivity contribution in [3.8, 4) is 17.2 Å². The zero-order valence-corrected chi connectivity index (χ0v) is 17.6. The highest BCUT2D eigenvalue weighted by molar-refractivity contribution is 5.81. The molecule has 0 fully saturated rings. The van der Waals surface area contributed by atoms with E-state index in [-0.39, 0.29) is 11.9 Å². The van der Waals surface area contributed by atoms with E-state index in [4.69, 9.17) is 14.2 Å². The number of hydrogen-bond donors (Lipinski definition) is 1. The Hall–Kier alpha value is -2.69. The highest BCUT2D eigenvalue weighted by atomic mass is 16.5. The van der Waals surface area contributed by atoms with Gasteiger partial charge < -0.3 is 19.5 Å². The molecule has 0 bridgehead atoms. The Kier molecular flexibility index (Phi) is 7.39. The number of hydrogen-bond acceptors (Lipinski definition) is 4. The van der Waals surface area contributed by atoms with E-state index in [0.717, 1.165) is 18.6 Å². The average Bonchev–Trinajstić information content (AvgIpc) is 2.76. The van der Waals surface area contributed by atoms with Gasteiger partial charge in [0.05, 0.1) is 13.2 Å². The van der Waals surface area contributed by atoms with Crippen LogP contribution in [0.3, 0.4) is 0 Å². The van der Waals surface area contributed by atoms with Gasteiger partial charge >= 0.3 is 0 Å². The molecule has 2 aromatic rings. The normalized spacial score (nSPS) is 15.0. The summed E-state index contributed by atoms with van der Waals surface area (Å²) < 4.78 is 17.1. The van der Waals surface area contributed by atoms with E-state index in [9.17, 15) is 4.79 Å². The summed E-state index contributed by atoms with van der Waals surface area (Å²) in [6.07, 6.45) is 4.78. The van der Waals surface area contributed by atoms with E-state index in [2.05, 4.69) is 17.4 Å². The Balaban J connectivity index is 1.53. The predicted octanol–water partition coefficient (Wildman–Crippen LogP) is 4.32. The summed E-state index contributed by atoms with van der Waals surface area (Å²) in [5.74, 6) is 1.98. The molecule has 29 heavy (non-hydrogen) atoms. The lowest BCUT2D eigenvalue weighted by Gasteiger charge is -2.22. The van der Waals surface area contributed by atoms with E-state index < -0.39 is 6.10 Å². The standard InChI is InChI=1S/C24H31NO4/c1-4-21(29-20-14-13-18-9-5-6-10-19(18)15-20)24(26)25-17(2)16-28-23-12-8-7-11-22(23)27-3/h7-8,11-15,17,21H,4-6,9-10,16H2,1-3H3,(H,25,26). The molecule has 156 valence electrons. The lowest BCUT2D eigenvalue weighted by atomic mass is 9.92. The van der Waals surface area contributed by atoms with Crippen molar-refractivity contribution in [3.05, 3.63) is 53.6 Å². The fraction of sp³-hybridized carbons (Fsp3) is 0.458. The second-order valence-electron chi connectivity index (χ2n) is 7.52. The summed E-state index contributed by atoms with van der Waals surface area (Å²) in [7, 11) is 1.61. The molecule has 0 spiro atoms. The van der Waals surface area contributed by atoms with E-state index in [0.29, 0.717) is 24.5 Å². The van der Waals surface area contributed by atoms with Crippen molar-refractivity contribution in [2.24, 2.45) is 0 Å². The summed E-state index contributed by atoms with van der Waals surface area (Å²) in [5.41, 5.74) is 2.76. The third-order valence-corrected chi connectivity index (χ3v) is 5.21. The van der Waals surface area contributed by atoms with Gasteiger partial charge in [-0.25, -0.2) is 0 Å². The first-order chi connectivity index (χ1) is 14.1. The van der Waals surface area contributed by atoms with Crippen molar-refractivity contribution >= 4 is 5.91 Å². The van der Waals surface area contributed by atoms with Crippen LogP contribution in [0.15, 0.2) is 42.5 Å². The van der Waals surface area contributed by atoms with Crippen LogP contribution in [0, 0.1) is 0 Å². The number of methoxy groups -OCH3 is 1. The summed E-state index contributed by atoms with van der Waals surface area (Å²) in [5, 5.41) is 2.99. The highest BCUT2D eigenvalue weighted by Crippen LogP contribution is 2.27. The molecular weight excluding hydrogens is 366 g/mol. The fourth-order valence-electron chi connectivity index (χ4n) is 3.60. The third kappa shape index (κ3) is 5.66. The number of fused-ring (bicyclic) bond motifs is 1. The van der Waals surface area contributed by atoms with Gasteiger partial charge in [-0.15, -0.1) is 0 Å². The van der Waals surface area contributed by atoms with E-state index in [1.54, 1.807) is 7.11 Å². The average molecular weight is 398 g/mol. The number of para-hydroxylation sites is 2. The Morgan fingerprint density at radius 2 is 1.79 bits per heavy atom. The Morgan fingerprint density at radius 1 is 1.07 bits per heavy atom. The minimum Gasteiger partial charge on any atom is -0.493 e. The van der Waals surface area contributed by atoms with Crippen LogP contribution in [0.5, 0.6) is 17.2 Å². The lowest BCUT2D eigenvalue weighted by Crippen LogP contribution is -2.44. The minimum absolute atomic E-state index is 0.124. The number of rotatable bonds is 9. The number of amides is 1. The van der Waals surface area contributed by atoms with Crippen molar-refractivity contribution in [2.45, 2.75) is 58.1 Å². The van der Waals surface area contributed by atoms with Crippen LogP contribution in [0.4, 0.5) is 0 Å². The number of benzene rings is 2. The Bertz CT molecular complexity index is 820. The number of carbonyl (C=O) groups is 1. The van der Waals surface area contributed by atoms with Gasteiger partial charge in [0.25, 0.3) is 5.91 Å². The summed E-state index contributed by atoms with van der Waals surface area (Å²) in [6, 6.07) is 13.5. The van der Waals surface area contributed by atoms with Crippen LogP contribution >= 0.6 is 0 Å². The number of ether oxygens (including phenoxy) is 3. The van der Waals surface area contributed by atoms with Crippen molar-refractivity contribution < 1.29 is 19.0 Å². The van der Waals surface area contributed by atoms with Gasteiger partial charge in [-0.2, -0.15) is 0 Å². The lowest BCUT2D eigenvalue weighted by molar-refractivity contribution is -0.128. The van der Waals surface area contributed by atoms with E-state index in [1.807, 2.05) is 44.2 Å². The SMILES string of the molecule is CCC(Oc1ccc2c(c1)CCCC2)C(=O)NC(C)COc1ccccc1OC. The first-order valence-corrected chi connectivity index (χ1v) is 10.4. The van der Waals surface area contributed by atoms with Crippen LogP contribution in [0.1, 0.15) is 44.2 Å². The number of aryl methyl sites for hydroxylation is 2. The number of carbonyl (C=O) groups excluding carboxylic acids is 1. The van der Waals surface area contributed by atoms with Gasteiger partial charge in [0, 0.05) is 0 Å². The molecule has 0 saturated carbocycles. The van der Waals surface area contributed by atoms with Gasteiger partial charge in [0.15, 0.2) is 17.6 Å². The zero-order valence-electron chi connectivity index (χ0n) is 17.6. The fourth-order valence-corrected chi connectivity index (χ4v) is 3.60. The van der Waals surface area contributed by atoms with Gasteiger partial charge in [0.2, 0.25) is 0 Å². The molecule has 0 aliphatic heterocycles. The van der Waals surface area contributed by atoms with Crippen molar-refractivity contribution in [3.63, 3.8) is 0 Å². The van der Waals surface area contributed by atoms with Gasteiger partial charge in [-0.1, -0.05) is 25.1 Å². The van der Waals surface area contributed by atoms with Crippen LogP contribution in [0.2, 0.25) is 0 Å². The monoisotopic (exact) mass is 397 g/mol. The largest absolute Gasteiger partial charge is 0.493 e. The van der Waals surface area contributed by atoms with Crippen molar-refractivity contribution in [1.29, 1.82) is 0 Å². The van der Waals surface area contributed by atoms with E-state index >= 15 is 0 Å². The molecule has 3 rings (SSSR count). The van der Waals surface area contributed by atoms with Crippen molar-refractivity contribution in [2.75, 3.05) is 13.7 Å². The third-order valence-electron chi connectivity index (χ3n) is 5.21.